The van der Waals surface area contributed by atoms with Crippen LogP contribution in [-0.2, 0) is 4.74 Å². The maximum atomic E-state index is 12.2. The summed E-state index contributed by atoms with van der Waals surface area (Å²) in [7, 11) is 1.78. The molecule has 1 aliphatic rings. The Morgan fingerprint density at radius 3 is 3.17 bits per heavy atom. The minimum absolute atomic E-state index is 0.126. The number of carbonyl (C=O) groups is 1. The summed E-state index contributed by atoms with van der Waals surface area (Å²) in [5.74, 6) is 0.288. The lowest BCUT2D eigenvalue weighted by Crippen LogP contribution is -2.35. The first-order valence-electron chi connectivity index (χ1n) is 6.22. The van der Waals surface area contributed by atoms with Crippen LogP contribution in [0.1, 0.15) is 23.3 Å². The van der Waals surface area contributed by atoms with Gasteiger partial charge in [0.15, 0.2) is 5.69 Å². The molecule has 18 heavy (non-hydrogen) atoms. The molecule has 1 atom stereocenters. The molecule has 1 aliphatic heterocycles. The number of nitrogen functional groups attached to an aromatic ring is 1. The fourth-order valence-electron chi connectivity index (χ4n) is 2.20. The number of hydrogen-bond donors (Lipinski definition) is 1. The van der Waals surface area contributed by atoms with Gasteiger partial charge in [0.2, 0.25) is 0 Å². The van der Waals surface area contributed by atoms with Crippen LogP contribution in [0.3, 0.4) is 0 Å². The van der Waals surface area contributed by atoms with Crippen molar-refractivity contribution in [1.29, 1.82) is 0 Å². The van der Waals surface area contributed by atoms with E-state index in [1.165, 1.54) is 0 Å². The lowest BCUT2D eigenvalue weighted by Gasteiger charge is -2.27. The van der Waals surface area contributed by atoms with Crippen LogP contribution in [0.4, 0.5) is 5.69 Å². The molecule has 5 heteroatoms. The molecular formula is C13H19N3O2. The van der Waals surface area contributed by atoms with Crippen LogP contribution in [0.25, 0.3) is 0 Å². The van der Waals surface area contributed by atoms with Gasteiger partial charge in [-0.2, -0.15) is 0 Å². The van der Waals surface area contributed by atoms with E-state index >= 15 is 0 Å². The third kappa shape index (κ3) is 2.98. The zero-order chi connectivity index (χ0) is 13.0. The number of nitrogens with zero attached hydrogens (tertiary/aromatic N) is 2. The van der Waals surface area contributed by atoms with Gasteiger partial charge in [-0.3, -0.25) is 4.79 Å². The third-order valence-corrected chi connectivity index (χ3v) is 3.17. The Morgan fingerprint density at radius 2 is 2.50 bits per heavy atom. The molecule has 0 bridgehead atoms. The summed E-state index contributed by atoms with van der Waals surface area (Å²) in [5, 5.41) is 0. The van der Waals surface area contributed by atoms with Crippen LogP contribution in [0.5, 0.6) is 0 Å². The van der Waals surface area contributed by atoms with Gasteiger partial charge in [-0.25, -0.2) is 4.98 Å². The van der Waals surface area contributed by atoms with E-state index in [9.17, 15) is 4.79 Å². The quantitative estimate of drug-likeness (QED) is 0.873. The summed E-state index contributed by atoms with van der Waals surface area (Å²) in [6.45, 7) is 2.26. The molecule has 2 rings (SSSR count). The topological polar surface area (TPSA) is 68.5 Å². The molecule has 0 spiro atoms. The van der Waals surface area contributed by atoms with E-state index in [-0.39, 0.29) is 5.91 Å². The molecule has 0 saturated carbocycles. The fourth-order valence-corrected chi connectivity index (χ4v) is 2.20. The Kier molecular flexibility index (Phi) is 4.15. The van der Waals surface area contributed by atoms with Gasteiger partial charge in [-0.1, -0.05) is 0 Å². The Morgan fingerprint density at radius 1 is 1.67 bits per heavy atom. The average Bonchev–Trinajstić information content (AvgIpc) is 2.39. The second-order valence-electron chi connectivity index (χ2n) is 4.71. The van der Waals surface area contributed by atoms with Crippen LogP contribution < -0.4 is 5.73 Å². The molecule has 5 nitrogen and oxygen atoms in total. The van der Waals surface area contributed by atoms with Crippen LogP contribution >= 0.6 is 0 Å². The Balaban J connectivity index is 1.98. The summed E-state index contributed by atoms with van der Waals surface area (Å²) >= 11 is 0. The van der Waals surface area contributed by atoms with Gasteiger partial charge in [-0.15, -0.1) is 0 Å². The van der Waals surface area contributed by atoms with Crippen LogP contribution in [0.2, 0.25) is 0 Å². The number of ether oxygens (including phenoxy) is 1. The normalized spacial score (nSPS) is 19.5. The monoisotopic (exact) mass is 249 g/mol. The molecular weight excluding hydrogens is 230 g/mol. The van der Waals surface area contributed by atoms with Gasteiger partial charge in [0, 0.05) is 26.4 Å². The average molecular weight is 249 g/mol. The van der Waals surface area contributed by atoms with Crippen molar-refractivity contribution in [2.24, 2.45) is 5.92 Å². The second kappa shape index (κ2) is 5.82. The number of amides is 1. The number of carbonyl (C=O) groups excluding carboxylic acids is 1. The number of anilines is 1. The summed E-state index contributed by atoms with van der Waals surface area (Å²) in [5.41, 5.74) is 6.51. The second-order valence-corrected chi connectivity index (χ2v) is 4.71. The Bertz CT molecular complexity index is 416. The van der Waals surface area contributed by atoms with E-state index < -0.39 is 0 Å². The molecule has 1 saturated heterocycles. The minimum Gasteiger partial charge on any atom is -0.397 e. The van der Waals surface area contributed by atoms with Crippen LogP contribution in [-0.4, -0.2) is 42.6 Å². The maximum absolute atomic E-state index is 12.2. The number of aromatic nitrogens is 1. The van der Waals surface area contributed by atoms with Crippen molar-refractivity contribution in [2.45, 2.75) is 12.8 Å². The van der Waals surface area contributed by atoms with E-state index in [1.807, 2.05) is 0 Å². The maximum Gasteiger partial charge on any atom is 0.274 e. The van der Waals surface area contributed by atoms with Gasteiger partial charge in [0.1, 0.15) is 0 Å². The minimum atomic E-state index is -0.126. The number of rotatable bonds is 3. The number of nitrogens with two attached hydrogens (primary N) is 1. The molecule has 1 aromatic rings. The predicted molar refractivity (Wildman–Crippen MR) is 69.2 cm³/mol. The fraction of sp³-hybridized carbons (Fsp3) is 0.538. The lowest BCUT2D eigenvalue weighted by molar-refractivity contribution is 0.0387. The molecule has 1 amide bonds. The highest BCUT2D eigenvalue weighted by molar-refractivity contribution is 5.96. The van der Waals surface area contributed by atoms with E-state index in [4.69, 9.17) is 10.5 Å². The summed E-state index contributed by atoms with van der Waals surface area (Å²) in [4.78, 5) is 17.9. The van der Waals surface area contributed by atoms with Crippen molar-refractivity contribution >= 4 is 11.6 Å². The SMILES string of the molecule is CN(CC1CCCOC1)C(=O)c1ncccc1N. The number of hydrogen-bond acceptors (Lipinski definition) is 4. The molecule has 1 unspecified atom stereocenters. The number of pyridine rings is 1. The summed E-state index contributed by atoms with van der Waals surface area (Å²) in [6, 6.07) is 3.42. The molecule has 0 aliphatic carbocycles. The zero-order valence-electron chi connectivity index (χ0n) is 10.6. The lowest BCUT2D eigenvalue weighted by atomic mass is 10.0. The molecule has 2 N–H and O–H groups in total. The molecule has 0 aromatic carbocycles. The molecule has 0 radical (unpaired) electrons. The van der Waals surface area contributed by atoms with E-state index in [0.29, 0.717) is 23.8 Å². The van der Waals surface area contributed by atoms with E-state index in [2.05, 4.69) is 4.98 Å². The summed E-state index contributed by atoms with van der Waals surface area (Å²) in [6.07, 6.45) is 3.76. The van der Waals surface area contributed by atoms with Crippen LogP contribution in [0.15, 0.2) is 18.3 Å². The predicted octanol–water partition coefficient (Wildman–Crippen LogP) is 1.16. The first kappa shape index (κ1) is 12.8. The summed E-state index contributed by atoms with van der Waals surface area (Å²) < 4.78 is 5.41. The van der Waals surface area contributed by atoms with Gasteiger partial charge in [0.05, 0.1) is 12.3 Å². The van der Waals surface area contributed by atoms with Crippen molar-refractivity contribution < 1.29 is 9.53 Å². The van der Waals surface area contributed by atoms with Gasteiger partial charge < -0.3 is 15.4 Å². The van der Waals surface area contributed by atoms with Crippen molar-refractivity contribution in [3.8, 4) is 0 Å². The van der Waals surface area contributed by atoms with Gasteiger partial charge in [0.25, 0.3) is 5.91 Å². The highest BCUT2D eigenvalue weighted by atomic mass is 16.5. The zero-order valence-corrected chi connectivity index (χ0v) is 10.6. The Labute approximate surface area is 107 Å². The van der Waals surface area contributed by atoms with E-state index in [0.717, 1.165) is 26.1 Å². The molecule has 98 valence electrons. The highest BCUT2D eigenvalue weighted by Crippen LogP contribution is 2.16. The standard InChI is InChI=1S/C13H19N3O2/c1-16(8-10-4-3-7-18-9-10)13(17)12-11(14)5-2-6-15-12/h2,5-6,10H,3-4,7-9,14H2,1H3. The first-order valence-corrected chi connectivity index (χ1v) is 6.22. The third-order valence-electron chi connectivity index (χ3n) is 3.17. The van der Waals surface area contributed by atoms with Gasteiger partial charge >= 0.3 is 0 Å². The van der Waals surface area contributed by atoms with Gasteiger partial charge in [-0.05, 0) is 30.9 Å². The van der Waals surface area contributed by atoms with Crippen molar-refractivity contribution in [3.63, 3.8) is 0 Å². The smallest absolute Gasteiger partial charge is 0.274 e. The van der Waals surface area contributed by atoms with E-state index in [1.54, 1.807) is 30.3 Å². The first-order chi connectivity index (χ1) is 8.68. The molecule has 1 fully saturated rings. The molecule has 1 aromatic heterocycles. The molecule has 2 heterocycles. The van der Waals surface area contributed by atoms with Crippen molar-refractivity contribution in [1.82, 2.24) is 9.88 Å². The van der Waals surface area contributed by atoms with Crippen molar-refractivity contribution in [2.75, 3.05) is 32.5 Å². The highest BCUT2D eigenvalue weighted by Gasteiger charge is 2.21. The van der Waals surface area contributed by atoms with Crippen molar-refractivity contribution in [3.05, 3.63) is 24.0 Å². The Hall–Kier alpha value is -1.62. The van der Waals surface area contributed by atoms with Crippen LogP contribution in [0, 0.1) is 5.92 Å². The largest absolute Gasteiger partial charge is 0.397 e.